The molecule has 0 aromatic heterocycles. The Morgan fingerprint density at radius 2 is 1.44 bits per heavy atom. The van der Waals surface area contributed by atoms with Crippen molar-refractivity contribution in [2.24, 2.45) is 17.8 Å². The lowest BCUT2D eigenvalue weighted by molar-refractivity contribution is -0.153. The maximum atomic E-state index is 12.3. The second kappa shape index (κ2) is 10.3. The van der Waals surface area contributed by atoms with E-state index in [1.807, 2.05) is 12.1 Å². The molecular formula is C28H35F3O. The van der Waals surface area contributed by atoms with Gasteiger partial charge in [0.25, 0.3) is 0 Å². The van der Waals surface area contributed by atoms with E-state index in [1.54, 1.807) is 12.1 Å². The summed E-state index contributed by atoms with van der Waals surface area (Å²) in [4.78, 5) is 0. The van der Waals surface area contributed by atoms with Crippen molar-refractivity contribution in [3.63, 3.8) is 0 Å². The topological polar surface area (TPSA) is 9.23 Å². The van der Waals surface area contributed by atoms with Crippen LogP contribution >= 0.6 is 0 Å². The predicted octanol–water partition coefficient (Wildman–Crippen LogP) is 8.78. The van der Waals surface area contributed by atoms with Crippen LogP contribution in [0.5, 0.6) is 5.75 Å². The lowest BCUT2D eigenvalue weighted by Crippen LogP contribution is -2.30. The fraction of sp³-hybridized carbons (Fsp3) is 0.571. The molecule has 0 saturated heterocycles. The van der Waals surface area contributed by atoms with Crippen molar-refractivity contribution in [3.8, 4) is 16.9 Å². The van der Waals surface area contributed by atoms with Crippen LogP contribution in [0.3, 0.4) is 0 Å². The second-order valence-electron chi connectivity index (χ2n) is 9.90. The molecule has 2 fully saturated rings. The van der Waals surface area contributed by atoms with Gasteiger partial charge in [-0.3, -0.25) is 0 Å². The molecule has 4 rings (SSSR count). The number of fused-ring (bicyclic) bond motifs is 1. The molecule has 174 valence electrons. The van der Waals surface area contributed by atoms with Gasteiger partial charge in [-0.25, -0.2) is 0 Å². The number of benzene rings is 2. The molecule has 1 nitrogen and oxygen atoms in total. The summed E-state index contributed by atoms with van der Waals surface area (Å²) in [5.74, 6) is 3.71. The number of alkyl halides is 3. The molecule has 0 radical (unpaired) electrons. The van der Waals surface area contributed by atoms with Crippen LogP contribution in [0.4, 0.5) is 13.2 Å². The molecule has 1 unspecified atom stereocenters. The molecule has 2 aromatic rings. The predicted molar refractivity (Wildman–Crippen MR) is 124 cm³/mol. The maximum absolute atomic E-state index is 12.3. The average Bonchev–Trinajstić information content (AvgIpc) is 2.81. The summed E-state index contributed by atoms with van der Waals surface area (Å²) >= 11 is 0. The number of hydrogen-bond acceptors (Lipinski definition) is 1. The van der Waals surface area contributed by atoms with Crippen molar-refractivity contribution >= 4 is 0 Å². The van der Waals surface area contributed by atoms with Crippen molar-refractivity contribution in [1.29, 1.82) is 0 Å². The Bertz CT molecular complexity index is 840. The molecule has 32 heavy (non-hydrogen) atoms. The zero-order chi connectivity index (χ0) is 22.6. The van der Waals surface area contributed by atoms with Gasteiger partial charge in [0.15, 0.2) is 6.61 Å². The molecule has 0 heterocycles. The molecule has 2 saturated carbocycles. The van der Waals surface area contributed by atoms with Gasteiger partial charge in [-0.05, 0) is 84.6 Å². The van der Waals surface area contributed by atoms with Gasteiger partial charge in [0.1, 0.15) is 5.75 Å². The number of rotatable bonds is 7. The largest absolute Gasteiger partial charge is 0.484 e. The van der Waals surface area contributed by atoms with Crippen molar-refractivity contribution in [3.05, 3.63) is 54.1 Å². The Morgan fingerprint density at radius 1 is 0.812 bits per heavy atom. The smallest absolute Gasteiger partial charge is 0.422 e. The molecule has 0 bridgehead atoms. The van der Waals surface area contributed by atoms with Crippen LogP contribution in [0.25, 0.3) is 11.1 Å². The Labute approximate surface area is 190 Å². The third-order valence-electron chi connectivity index (χ3n) is 7.66. The second-order valence-corrected chi connectivity index (χ2v) is 9.90. The summed E-state index contributed by atoms with van der Waals surface area (Å²) in [6.45, 7) is 1.04. The number of unbranched alkanes of at least 4 members (excludes halogenated alkanes) is 1. The molecule has 2 aliphatic rings. The summed E-state index contributed by atoms with van der Waals surface area (Å²) < 4.78 is 41.7. The van der Waals surface area contributed by atoms with Crippen LogP contribution in [0.1, 0.15) is 76.2 Å². The van der Waals surface area contributed by atoms with Gasteiger partial charge in [-0.2, -0.15) is 13.2 Å². The van der Waals surface area contributed by atoms with Crippen LogP contribution in [-0.4, -0.2) is 12.8 Å². The van der Waals surface area contributed by atoms with E-state index in [9.17, 15) is 13.2 Å². The SMILES string of the molecule is CCCCC1CC[C@@H]2C[C@H](c3ccc(-c4ccc(OCC(F)(F)F)cc4)cc3)CC[C@@H]2C1. The molecule has 4 atom stereocenters. The van der Waals surface area contributed by atoms with Crippen LogP contribution in [0.2, 0.25) is 0 Å². The van der Waals surface area contributed by atoms with E-state index in [1.165, 1.54) is 63.4 Å². The van der Waals surface area contributed by atoms with E-state index >= 15 is 0 Å². The monoisotopic (exact) mass is 444 g/mol. The van der Waals surface area contributed by atoms with Crippen molar-refractivity contribution in [2.45, 2.75) is 76.8 Å². The molecule has 2 aromatic carbocycles. The molecule has 0 aliphatic heterocycles. The van der Waals surface area contributed by atoms with Crippen LogP contribution in [0.15, 0.2) is 48.5 Å². The van der Waals surface area contributed by atoms with Gasteiger partial charge < -0.3 is 4.74 Å². The van der Waals surface area contributed by atoms with E-state index in [4.69, 9.17) is 4.74 Å². The first kappa shape index (κ1) is 23.2. The first-order valence-electron chi connectivity index (χ1n) is 12.3. The Morgan fingerprint density at radius 3 is 2.09 bits per heavy atom. The van der Waals surface area contributed by atoms with Crippen molar-refractivity contribution in [2.75, 3.05) is 6.61 Å². The number of halogens is 3. The van der Waals surface area contributed by atoms with Crippen LogP contribution < -0.4 is 4.74 Å². The fourth-order valence-electron chi connectivity index (χ4n) is 5.90. The van der Waals surface area contributed by atoms with Crippen LogP contribution in [0, 0.1) is 17.8 Å². The van der Waals surface area contributed by atoms with E-state index < -0.39 is 12.8 Å². The third-order valence-corrected chi connectivity index (χ3v) is 7.66. The van der Waals surface area contributed by atoms with Gasteiger partial charge >= 0.3 is 6.18 Å². The molecule has 2 aliphatic carbocycles. The molecule has 0 spiro atoms. The van der Waals surface area contributed by atoms with E-state index in [0.717, 1.165) is 28.9 Å². The normalized spacial score (nSPS) is 25.9. The molecule has 4 heteroatoms. The Hall–Kier alpha value is -1.97. The van der Waals surface area contributed by atoms with E-state index in [0.29, 0.717) is 5.92 Å². The first-order valence-corrected chi connectivity index (χ1v) is 12.3. The molecular weight excluding hydrogens is 409 g/mol. The quantitative estimate of drug-likeness (QED) is 0.415. The van der Waals surface area contributed by atoms with Gasteiger partial charge in [0.2, 0.25) is 0 Å². The molecule has 0 N–H and O–H groups in total. The van der Waals surface area contributed by atoms with Gasteiger partial charge in [0, 0.05) is 0 Å². The summed E-state index contributed by atoms with van der Waals surface area (Å²) in [5.41, 5.74) is 3.51. The minimum absolute atomic E-state index is 0.240. The summed E-state index contributed by atoms with van der Waals surface area (Å²) in [7, 11) is 0. The van der Waals surface area contributed by atoms with Gasteiger partial charge in [-0.1, -0.05) is 69.0 Å². The highest BCUT2D eigenvalue weighted by molar-refractivity contribution is 5.64. The Kier molecular flexibility index (Phi) is 7.48. The zero-order valence-electron chi connectivity index (χ0n) is 19.0. The minimum Gasteiger partial charge on any atom is -0.484 e. The average molecular weight is 445 g/mol. The fourth-order valence-corrected chi connectivity index (χ4v) is 5.90. The minimum atomic E-state index is -4.32. The molecule has 0 amide bonds. The van der Waals surface area contributed by atoms with Gasteiger partial charge in [0.05, 0.1) is 0 Å². The number of ether oxygens (including phenoxy) is 1. The number of hydrogen-bond donors (Lipinski definition) is 0. The summed E-state index contributed by atoms with van der Waals surface area (Å²) in [6, 6.07) is 15.7. The Balaban J connectivity index is 1.32. The highest BCUT2D eigenvalue weighted by Crippen LogP contribution is 2.48. The lowest BCUT2D eigenvalue weighted by Gasteiger charge is -2.42. The summed E-state index contributed by atoms with van der Waals surface area (Å²) in [5, 5.41) is 0. The van der Waals surface area contributed by atoms with Crippen LogP contribution in [-0.2, 0) is 0 Å². The lowest BCUT2D eigenvalue weighted by atomic mass is 9.63. The highest BCUT2D eigenvalue weighted by Gasteiger charge is 2.35. The zero-order valence-corrected chi connectivity index (χ0v) is 19.0. The standard InChI is InChI=1S/C28H35F3O/c1-2-3-4-20-5-6-26-18-25(12-11-24(26)17-20)23-9-7-21(8-10-23)22-13-15-27(16-14-22)32-19-28(29,30)31/h7-10,13-16,20,24-26H,2-6,11-12,17-19H2,1H3/t20?,24-,25-,26-/m1/s1. The van der Waals surface area contributed by atoms with E-state index in [-0.39, 0.29) is 5.75 Å². The van der Waals surface area contributed by atoms with Crippen molar-refractivity contribution < 1.29 is 17.9 Å². The maximum Gasteiger partial charge on any atom is 0.422 e. The van der Waals surface area contributed by atoms with Crippen molar-refractivity contribution in [1.82, 2.24) is 0 Å². The summed E-state index contributed by atoms with van der Waals surface area (Å²) in [6.07, 6.45) is 8.12. The third kappa shape index (κ3) is 6.08. The van der Waals surface area contributed by atoms with Gasteiger partial charge in [-0.15, -0.1) is 0 Å². The highest BCUT2D eigenvalue weighted by atomic mass is 19.4. The van der Waals surface area contributed by atoms with E-state index in [2.05, 4.69) is 31.2 Å². The first-order chi connectivity index (χ1) is 15.4.